The number of thioether (sulfide) groups is 1. The van der Waals surface area contributed by atoms with E-state index in [1.165, 1.54) is 22.9 Å². The molecular weight excluding hydrogens is 344 g/mol. The molecule has 1 atom stereocenters. The van der Waals surface area contributed by atoms with Gasteiger partial charge in [0.05, 0.1) is 12.9 Å². The van der Waals surface area contributed by atoms with E-state index in [9.17, 15) is 4.79 Å². The first-order valence-corrected chi connectivity index (χ1v) is 9.98. The van der Waals surface area contributed by atoms with Crippen molar-refractivity contribution in [3.8, 4) is 5.75 Å². The Balaban J connectivity index is 1.43. The van der Waals surface area contributed by atoms with E-state index >= 15 is 0 Å². The Morgan fingerprint density at radius 1 is 1.23 bits per heavy atom. The van der Waals surface area contributed by atoms with Crippen LogP contribution in [0.4, 0.5) is 0 Å². The van der Waals surface area contributed by atoms with E-state index in [1.807, 2.05) is 24.3 Å². The minimum Gasteiger partial charge on any atom is -0.497 e. The first-order chi connectivity index (χ1) is 12.6. The van der Waals surface area contributed by atoms with Crippen molar-refractivity contribution >= 4 is 17.7 Å². The SMILES string of the molecule is COc1cccc(SCC(=O)N[C@@H](C)CN2CCc3ccccc3C2)c1. The molecule has 1 N–H and O–H groups in total. The molecule has 0 unspecified atom stereocenters. The van der Waals surface area contributed by atoms with Crippen LogP contribution in [0.5, 0.6) is 5.75 Å². The van der Waals surface area contributed by atoms with Crippen LogP contribution < -0.4 is 10.1 Å². The number of ether oxygens (including phenoxy) is 1. The number of fused-ring (bicyclic) bond motifs is 1. The number of nitrogens with zero attached hydrogens (tertiary/aromatic N) is 1. The quantitative estimate of drug-likeness (QED) is 0.759. The molecule has 1 aliphatic heterocycles. The Bertz CT molecular complexity index is 750. The molecule has 0 saturated heterocycles. The smallest absolute Gasteiger partial charge is 0.230 e. The van der Waals surface area contributed by atoms with Crippen molar-refractivity contribution < 1.29 is 9.53 Å². The topological polar surface area (TPSA) is 41.6 Å². The Morgan fingerprint density at radius 3 is 2.85 bits per heavy atom. The maximum Gasteiger partial charge on any atom is 0.230 e. The van der Waals surface area contributed by atoms with E-state index in [-0.39, 0.29) is 11.9 Å². The predicted molar refractivity (Wildman–Crippen MR) is 107 cm³/mol. The average Bonchev–Trinajstić information content (AvgIpc) is 2.66. The van der Waals surface area contributed by atoms with E-state index in [2.05, 4.69) is 41.4 Å². The second kappa shape index (κ2) is 9.10. The van der Waals surface area contributed by atoms with Crippen molar-refractivity contribution in [2.24, 2.45) is 0 Å². The van der Waals surface area contributed by atoms with Gasteiger partial charge in [0.1, 0.15) is 5.75 Å². The number of amides is 1. The zero-order valence-corrected chi connectivity index (χ0v) is 16.2. The van der Waals surface area contributed by atoms with Gasteiger partial charge >= 0.3 is 0 Å². The number of carbonyl (C=O) groups is 1. The van der Waals surface area contributed by atoms with Gasteiger partial charge in [0.2, 0.25) is 5.91 Å². The summed E-state index contributed by atoms with van der Waals surface area (Å²) in [5, 5.41) is 3.12. The first kappa shape index (κ1) is 18.8. The molecule has 5 heteroatoms. The van der Waals surface area contributed by atoms with Crippen molar-refractivity contribution in [2.45, 2.75) is 30.8 Å². The molecule has 1 heterocycles. The summed E-state index contributed by atoms with van der Waals surface area (Å²) in [6.07, 6.45) is 1.09. The maximum absolute atomic E-state index is 12.2. The van der Waals surface area contributed by atoms with Gasteiger partial charge < -0.3 is 10.1 Å². The van der Waals surface area contributed by atoms with Crippen LogP contribution in [0.25, 0.3) is 0 Å². The third kappa shape index (κ3) is 5.26. The second-order valence-corrected chi connectivity index (χ2v) is 7.74. The van der Waals surface area contributed by atoms with E-state index in [0.29, 0.717) is 5.75 Å². The molecule has 0 fully saturated rings. The summed E-state index contributed by atoms with van der Waals surface area (Å²) >= 11 is 1.53. The summed E-state index contributed by atoms with van der Waals surface area (Å²) in [5.74, 6) is 1.30. The van der Waals surface area contributed by atoms with Gasteiger partial charge in [-0.3, -0.25) is 9.69 Å². The minimum absolute atomic E-state index is 0.0720. The molecule has 0 aliphatic carbocycles. The van der Waals surface area contributed by atoms with Gasteiger partial charge in [0.15, 0.2) is 0 Å². The molecule has 0 spiro atoms. The van der Waals surface area contributed by atoms with Crippen LogP contribution in [-0.4, -0.2) is 42.8 Å². The fourth-order valence-corrected chi connectivity index (χ4v) is 4.05. The largest absolute Gasteiger partial charge is 0.497 e. The highest BCUT2D eigenvalue weighted by Crippen LogP contribution is 2.22. The molecule has 3 rings (SSSR count). The number of hydrogen-bond acceptors (Lipinski definition) is 4. The number of carbonyl (C=O) groups excluding carboxylic acids is 1. The molecule has 4 nitrogen and oxygen atoms in total. The zero-order valence-electron chi connectivity index (χ0n) is 15.4. The Kier molecular flexibility index (Phi) is 6.58. The average molecular weight is 371 g/mol. The highest BCUT2D eigenvalue weighted by molar-refractivity contribution is 8.00. The molecule has 26 heavy (non-hydrogen) atoms. The summed E-state index contributed by atoms with van der Waals surface area (Å²) in [6, 6.07) is 16.6. The van der Waals surface area contributed by atoms with E-state index < -0.39 is 0 Å². The number of rotatable bonds is 7. The fraction of sp³-hybridized carbons (Fsp3) is 0.381. The lowest BCUT2D eigenvalue weighted by Gasteiger charge is -2.31. The van der Waals surface area contributed by atoms with Crippen LogP contribution in [0.15, 0.2) is 53.4 Å². The van der Waals surface area contributed by atoms with Crippen LogP contribution in [0.3, 0.4) is 0 Å². The van der Waals surface area contributed by atoms with Crippen LogP contribution in [0.2, 0.25) is 0 Å². The summed E-state index contributed by atoms with van der Waals surface area (Å²) in [7, 11) is 1.65. The molecule has 2 aromatic rings. The molecule has 138 valence electrons. The number of methoxy groups -OCH3 is 1. The van der Waals surface area contributed by atoms with Crippen molar-refractivity contribution in [3.63, 3.8) is 0 Å². The number of benzene rings is 2. The van der Waals surface area contributed by atoms with Gasteiger partial charge in [-0.25, -0.2) is 0 Å². The molecule has 0 aromatic heterocycles. The van der Waals surface area contributed by atoms with Crippen LogP contribution in [0, 0.1) is 0 Å². The van der Waals surface area contributed by atoms with Crippen molar-refractivity contribution in [1.29, 1.82) is 0 Å². The van der Waals surface area contributed by atoms with Crippen molar-refractivity contribution in [3.05, 3.63) is 59.7 Å². The van der Waals surface area contributed by atoms with Crippen LogP contribution in [-0.2, 0) is 17.8 Å². The molecule has 0 radical (unpaired) electrons. The highest BCUT2D eigenvalue weighted by atomic mass is 32.2. The van der Waals surface area contributed by atoms with E-state index in [1.54, 1.807) is 7.11 Å². The summed E-state index contributed by atoms with van der Waals surface area (Å²) < 4.78 is 5.22. The van der Waals surface area contributed by atoms with Gasteiger partial charge in [0, 0.05) is 30.6 Å². The lowest BCUT2D eigenvalue weighted by molar-refractivity contribution is -0.119. The van der Waals surface area contributed by atoms with Crippen LogP contribution >= 0.6 is 11.8 Å². The monoisotopic (exact) mass is 370 g/mol. The van der Waals surface area contributed by atoms with Gasteiger partial charge in [-0.1, -0.05) is 30.3 Å². The highest BCUT2D eigenvalue weighted by Gasteiger charge is 2.18. The van der Waals surface area contributed by atoms with Gasteiger partial charge in [-0.2, -0.15) is 0 Å². The number of hydrogen-bond donors (Lipinski definition) is 1. The molecule has 0 bridgehead atoms. The van der Waals surface area contributed by atoms with E-state index in [4.69, 9.17) is 4.74 Å². The Hall–Kier alpha value is -1.98. The summed E-state index contributed by atoms with van der Waals surface area (Å²) in [6.45, 7) is 4.98. The zero-order chi connectivity index (χ0) is 18.4. The van der Waals surface area contributed by atoms with Gasteiger partial charge in [0.25, 0.3) is 0 Å². The van der Waals surface area contributed by atoms with E-state index in [0.717, 1.165) is 36.7 Å². The summed E-state index contributed by atoms with van der Waals surface area (Å²) in [4.78, 5) is 15.7. The Labute approximate surface area is 159 Å². The van der Waals surface area contributed by atoms with Crippen LogP contribution in [0.1, 0.15) is 18.1 Å². The van der Waals surface area contributed by atoms with Crippen molar-refractivity contribution in [1.82, 2.24) is 10.2 Å². The molecular formula is C21H26N2O2S. The van der Waals surface area contributed by atoms with Gasteiger partial charge in [-0.05, 0) is 42.7 Å². The third-order valence-corrected chi connectivity index (χ3v) is 5.55. The standard InChI is InChI=1S/C21H26N2O2S/c1-16(13-23-11-10-17-6-3-4-7-18(17)14-23)22-21(24)15-26-20-9-5-8-19(12-20)25-2/h3-9,12,16H,10-11,13-15H2,1-2H3,(H,22,24)/t16-/m0/s1. The fourth-order valence-electron chi connectivity index (χ4n) is 3.30. The lowest BCUT2D eigenvalue weighted by Crippen LogP contribution is -2.44. The molecule has 0 saturated carbocycles. The normalized spacial score (nSPS) is 15.2. The van der Waals surface area contributed by atoms with Crippen molar-refractivity contribution in [2.75, 3.05) is 26.0 Å². The van der Waals surface area contributed by atoms with Gasteiger partial charge in [-0.15, -0.1) is 11.8 Å². The third-order valence-electron chi connectivity index (χ3n) is 4.56. The minimum atomic E-state index is 0.0720. The Morgan fingerprint density at radius 2 is 2.04 bits per heavy atom. The number of nitrogens with one attached hydrogen (secondary N) is 1. The lowest BCUT2D eigenvalue weighted by atomic mass is 10.00. The predicted octanol–water partition coefficient (Wildman–Crippen LogP) is 3.35. The molecule has 2 aromatic carbocycles. The first-order valence-electron chi connectivity index (χ1n) is 8.99. The molecule has 1 amide bonds. The summed E-state index contributed by atoms with van der Waals surface area (Å²) in [5.41, 5.74) is 2.86. The molecule has 1 aliphatic rings. The second-order valence-electron chi connectivity index (χ2n) is 6.69. The maximum atomic E-state index is 12.2.